The summed E-state index contributed by atoms with van der Waals surface area (Å²) < 4.78 is 15.8. The minimum atomic E-state index is -0.437. The van der Waals surface area contributed by atoms with E-state index in [0.29, 0.717) is 13.2 Å². The highest BCUT2D eigenvalue weighted by molar-refractivity contribution is 5.87. The molecule has 1 unspecified atom stereocenters. The highest BCUT2D eigenvalue weighted by Crippen LogP contribution is 2.24. The van der Waals surface area contributed by atoms with Crippen LogP contribution in [0.3, 0.4) is 0 Å². The largest absolute Gasteiger partial charge is 0.463 e. The van der Waals surface area contributed by atoms with Crippen LogP contribution in [0.1, 0.15) is 27.8 Å². The smallest absolute Gasteiger partial charge is 0.374 e. The number of carbonyl (C=O) groups excluding carboxylic acids is 1. The fourth-order valence-corrected chi connectivity index (χ4v) is 2.69. The second kappa shape index (κ2) is 6.77. The van der Waals surface area contributed by atoms with Gasteiger partial charge >= 0.3 is 5.97 Å². The Bertz CT molecular complexity index is 623. The zero-order valence-electron chi connectivity index (χ0n) is 12.5. The van der Waals surface area contributed by atoms with Gasteiger partial charge in [-0.3, -0.25) is 4.90 Å². The van der Waals surface area contributed by atoms with E-state index < -0.39 is 5.97 Å². The molecule has 1 aliphatic rings. The zero-order valence-corrected chi connectivity index (χ0v) is 12.5. The first-order valence-electron chi connectivity index (χ1n) is 7.31. The van der Waals surface area contributed by atoms with E-state index >= 15 is 0 Å². The van der Waals surface area contributed by atoms with Crippen molar-refractivity contribution < 1.29 is 18.7 Å². The molecule has 22 heavy (non-hydrogen) atoms. The average Bonchev–Trinajstić information content (AvgIpc) is 3.03. The molecule has 0 saturated carbocycles. The number of carbonyl (C=O) groups is 1. The molecule has 116 valence electrons. The molecule has 0 radical (unpaired) electrons. The molecule has 1 fully saturated rings. The summed E-state index contributed by atoms with van der Waals surface area (Å²) in [6.45, 7) is 2.93. The lowest BCUT2D eigenvalue weighted by atomic mass is 10.1. The maximum Gasteiger partial charge on any atom is 0.374 e. The number of ether oxygens (including phenoxy) is 2. The number of methoxy groups -OCH3 is 1. The van der Waals surface area contributed by atoms with Crippen LogP contribution < -0.4 is 0 Å². The van der Waals surface area contributed by atoms with Crippen LogP contribution in [0.5, 0.6) is 0 Å². The third-order valence-corrected chi connectivity index (χ3v) is 3.83. The van der Waals surface area contributed by atoms with Crippen molar-refractivity contribution in [3.05, 3.63) is 59.5 Å². The number of morpholine rings is 1. The SMILES string of the molecule is COC(=O)c1occc1CN1CCOC(c2ccccc2)C1. The molecule has 1 saturated heterocycles. The summed E-state index contributed by atoms with van der Waals surface area (Å²) in [5, 5.41) is 0. The average molecular weight is 301 g/mol. The van der Waals surface area contributed by atoms with Gasteiger partial charge in [0.05, 0.1) is 26.1 Å². The van der Waals surface area contributed by atoms with Crippen molar-refractivity contribution >= 4 is 5.97 Å². The van der Waals surface area contributed by atoms with E-state index in [0.717, 1.165) is 18.7 Å². The van der Waals surface area contributed by atoms with Crippen LogP contribution in [-0.2, 0) is 16.0 Å². The molecule has 1 aliphatic heterocycles. The Labute approximate surface area is 129 Å². The highest BCUT2D eigenvalue weighted by atomic mass is 16.5. The van der Waals surface area contributed by atoms with Crippen molar-refractivity contribution in [3.63, 3.8) is 0 Å². The van der Waals surface area contributed by atoms with Crippen LogP contribution in [0.15, 0.2) is 47.1 Å². The molecule has 1 aromatic heterocycles. The van der Waals surface area contributed by atoms with E-state index in [1.165, 1.54) is 18.9 Å². The van der Waals surface area contributed by atoms with E-state index in [9.17, 15) is 4.79 Å². The van der Waals surface area contributed by atoms with Gasteiger partial charge in [-0.05, 0) is 11.6 Å². The van der Waals surface area contributed by atoms with Crippen LogP contribution in [0.2, 0.25) is 0 Å². The van der Waals surface area contributed by atoms with Gasteiger partial charge < -0.3 is 13.9 Å². The Balaban J connectivity index is 1.68. The Kier molecular flexibility index (Phi) is 4.56. The van der Waals surface area contributed by atoms with Crippen LogP contribution in [0.4, 0.5) is 0 Å². The van der Waals surface area contributed by atoms with E-state index in [2.05, 4.69) is 17.0 Å². The van der Waals surface area contributed by atoms with E-state index in [-0.39, 0.29) is 11.9 Å². The minimum Gasteiger partial charge on any atom is -0.463 e. The number of rotatable bonds is 4. The lowest BCUT2D eigenvalue weighted by Crippen LogP contribution is -2.38. The summed E-state index contributed by atoms with van der Waals surface area (Å²) in [5.41, 5.74) is 2.02. The van der Waals surface area contributed by atoms with E-state index in [4.69, 9.17) is 13.9 Å². The third-order valence-electron chi connectivity index (χ3n) is 3.83. The van der Waals surface area contributed by atoms with Gasteiger partial charge in [-0.2, -0.15) is 0 Å². The van der Waals surface area contributed by atoms with Crippen LogP contribution in [0, 0.1) is 0 Å². The number of esters is 1. The second-order valence-corrected chi connectivity index (χ2v) is 5.27. The van der Waals surface area contributed by atoms with Gasteiger partial charge in [0.1, 0.15) is 0 Å². The molecular weight excluding hydrogens is 282 g/mol. The maximum atomic E-state index is 11.7. The molecule has 0 N–H and O–H groups in total. The molecule has 2 aromatic rings. The molecule has 0 aliphatic carbocycles. The molecule has 5 heteroatoms. The lowest BCUT2D eigenvalue weighted by molar-refractivity contribution is -0.0330. The van der Waals surface area contributed by atoms with Gasteiger partial charge in [0.2, 0.25) is 5.76 Å². The van der Waals surface area contributed by atoms with Crippen LogP contribution in [0.25, 0.3) is 0 Å². The molecule has 0 amide bonds. The molecule has 2 heterocycles. The minimum absolute atomic E-state index is 0.0587. The van der Waals surface area contributed by atoms with Gasteiger partial charge in [-0.25, -0.2) is 4.79 Å². The number of nitrogens with zero attached hydrogens (tertiary/aromatic N) is 1. The third kappa shape index (κ3) is 3.21. The first kappa shape index (κ1) is 14.8. The number of hydrogen-bond donors (Lipinski definition) is 0. The maximum absolute atomic E-state index is 11.7. The zero-order chi connectivity index (χ0) is 15.4. The first-order chi connectivity index (χ1) is 10.8. The Morgan fingerprint density at radius 1 is 1.32 bits per heavy atom. The first-order valence-corrected chi connectivity index (χ1v) is 7.31. The fourth-order valence-electron chi connectivity index (χ4n) is 2.69. The van der Waals surface area contributed by atoms with Crippen molar-refractivity contribution in [2.75, 3.05) is 26.8 Å². The van der Waals surface area contributed by atoms with E-state index in [1.54, 1.807) is 0 Å². The molecule has 0 bridgehead atoms. The lowest BCUT2D eigenvalue weighted by Gasteiger charge is -2.33. The van der Waals surface area contributed by atoms with Crippen molar-refractivity contribution in [2.24, 2.45) is 0 Å². The summed E-state index contributed by atoms with van der Waals surface area (Å²) in [6, 6.07) is 12.0. The molecule has 1 aromatic carbocycles. The Hall–Kier alpha value is -2.11. The topological polar surface area (TPSA) is 51.9 Å². The molecule has 1 atom stereocenters. The van der Waals surface area contributed by atoms with Crippen LogP contribution in [-0.4, -0.2) is 37.7 Å². The van der Waals surface area contributed by atoms with Gasteiger partial charge in [-0.15, -0.1) is 0 Å². The summed E-state index contributed by atoms with van der Waals surface area (Å²) in [4.78, 5) is 13.9. The van der Waals surface area contributed by atoms with Gasteiger partial charge in [0.15, 0.2) is 0 Å². The summed E-state index contributed by atoms with van der Waals surface area (Å²) in [6.07, 6.45) is 1.58. The van der Waals surface area contributed by atoms with E-state index in [1.807, 2.05) is 24.3 Å². The summed E-state index contributed by atoms with van der Waals surface area (Å²) in [7, 11) is 1.36. The Morgan fingerprint density at radius 2 is 2.14 bits per heavy atom. The highest BCUT2D eigenvalue weighted by Gasteiger charge is 2.24. The molecule has 3 rings (SSSR count). The van der Waals surface area contributed by atoms with Crippen molar-refractivity contribution in [3.8, 4) is 0 Å². The van der Waals surface area contributed by atoms with Crippen molar-refractivity contribution in [1.82, 2.24) is 4.90 Å². The predicted octanol–water partition coefficient (Wildman–Crippen LogP) is 2.64. The molecular formula is C17H19NO4. The van der Waals surface area contributed by atoms with Gasteiger partial charge in [-0.1, -0.05) is 30.3 Å². The predicted molar refractivity (Wildman–Crippen MR) is 80.5 cm³/mol. The Morgan fingerprint density at radius 3 is 2.91 bits per heavy atom. The molecule has 5 nitrogen and oxygen atoms in total. The standard InChI is InChI=1S/C17H19NO4/c1-20-17(19)16-14(7-9-22-16)11-18-8-10-21-15(12-18)13-5-3-2-4-6-13/h2-7,9,15H,8,10-12H2,1H3. The monoisotopic (exact) mass is 301 g/mol. The number of benzene rings is 1. The van der Waals surface area contributed by atoms with Crippen LogP contribution >= 0.6 is 0 Å². The second-order valence-electron chi connectivity index (χ2n) is 5.27. The molecule has 0 spiro atoms. The quantitative estimate of drug-likeness (QED) is 0.813. The fraction of sp³-hybridized carbons (Fsp3) is 0.353. The summed E-state index contributed by atoms with van der Waals surface area (Å²) >= 11 is 0. The number of furan rings is 1. The van der Waals surface area contributed by atoms with Gasteiger partial charge in [0, 0.05) is 25.2 Å². The number of hydrogen-bond acceptors (Lipinski definition) is 5. The van der Waals surface area contributed by atoms with Crippen molar-refractivity contribution in [1.29, 1.82) is 0 Å². The van der Waals surface area contributed by atoms with Gasteiger partial charge in [0.25, 0.3) is 0 Å². The normalized spacial score (nSPS) is 19.0. The summed E-state index contributed by atoms with van der Waals surface area (Å²) in [5.74, 6) is -0.155. The van der Waals surface area contributed by atoms with Crippen molar-refractivity contribution in [2.45, 2.75) is 12.6 Å².